The first-order chi connectivity index (χ1) is 14.9. The Balaban J connectivity index is 2.16. The van der Waals surface area contributed by atoms with E-state index < -0.39 is 33.3 Å². The van der Waals surface area contributed by atoms with E-state index in [0.29, 0.717) is 0 Å². The van der Waals surface area contributed by atoms with Gasteiger partial charge in [0.1, 0.15) is 12.3 Å². The molecule has 0 radical (unpaired) electrons. The lowest BCUT2D eigenvalue weighted by Gasteiger charge is -2.16. The Morgan fingerprint density at radius 1 is 0.969 bits per heavy atom. The maximum absolute atomic E-state index is 12.8. The van der Waals surface area contributed by atoms with Gasteiger partial charge in [0, 0.05) is 0 Å². The van der Waals surface area contributed by atoms with Crippen molar-refractivity contribution in [3.05, 3.63) is 54.1 Å². The molecule has 2 aromatic rings. The van der Waals surface area contributed by atoms with Crippen molar-refractivity contribution in [2.45, 2.75) is 32.6 Å². The fraction of sp³-hybridized carbons (Fsp3) is 0.318. The average Bonchev–Trinajstić information content (AvgIpc) is 2.72. The number of esters is 2. The largest absolute Gasteiger partial charge is 0.465 e. The van der Waals surface area contributed by atoms with E-state index in [1.54, 1.807) is 39.8 Å². The van der Waals surface area contributed by atoms with E-state index in [2.05, 4.69) is 10.0 Å². The summed E-state index contributed by atoms with van der Waals surface area (Å²) >= 11 is 0. The molecule has 0 spiro atoms. The minimum atomic E-state index is -4.04. The Bertz CT molecular complexity index is 1090. The molecule has 10 heteroatoms. The second-order valence-corrected chi connectivity index (χ2v) is 9.43. The minimum absolute atomic E-state index is 0.0381. The number of amides is 1. The number of sulfonamides is 1. The Labute approximate surface area is 187 Å². The molecular formula is C22H26N2O7S. The molecule has 0 heterocycles. The van der Waals surface area contributed by atoms with Gasteiger partial charge in [-0.2, -0.15) is 0 Å². The highest BCUT2D eigenvalue weighted by atomic mass is 32.2. The van der Waals surface area contributed by atoms with Crippen LogP contribution in [0.1, 0.15) is 38.1 Å². The van der Waals surface area contributed by atoms with Crippen molar-refractivity contribution < 1.29 is 32.3 Å². The van der Waals surface area contributed by atoms with Gasteiger partial charge < -0.3 is 14.8 Å². The Kier molecular flexibility index (Phi) is 7.98. The third-order valence-electron chi connectivity index (χ3n) is 4.07. The maximum atomic E-state index is 12.8. The van der Waals surface area contributed by atoms with Crippen LogP contribution in [0.15, 0.2) is 53.4 Å². The van der Waals surface area contributed by atoms with Crippen LogP contribution in [0.4, 0.5) is 5.69 Å². The number of rotatable bonds is 8. The van der Waals surface area contributed by atoms with Crippen molar-refractivity contribution >= 4 is 33.6 Å². The topological polar surface area (TPSA) is 128 Å². The summed E-state index contributed by atoms with van der Waals surface area (Å²) in [6, 6.07) is 11.3. The number of carbonyl (C=O) groups excluding carboxylic acids is 3. The van der Waals surface area contributed by atoms with Crippen molar-refractivity contribution in [3.63, 3.8) is 0 Å². The second-order valence-electron chi connectivity index (χ2n) is 7.75. The first kappa shape index (κ1) is 24.9. The fourth-order valence-electron chi connectivity index (χ4n) is 2.38. The lowest BCUT2D eigenvalue weighted by atomic mass is 9.97. The summed E-state index contributed by atoms with van der Waals surface area (Å²) < 4.78 is 37.9. The molecule has 0 aliphatic carbocycles. The summed E-state index contributed by atoms with van der Waals surface area (Å²) in [6.45, 7) is 6.60. The predicted octanol–water partition coefficient (Wildman–Crippen LogP) is 2.73. The van der Waals surface area contributed by atoms with E-state index in [-0.39, 0.29) is 35.0 Å². The van der Waals surface area contributed by atoms with Gasteiger partial charge in [-0.3, -0.25) is 19.1 Å². The quantitative estimate of drug-likeness (QED) is 0.456. The smallest absolute Gasteiger partial charge is 0.325 e. The number of hydrogen-bond acceptors (Lipinski definition) is 7. The lowest BCUT2D eigenvalue weighted by Crippen LogP contribution is -2.31. The van der Waals surface area contributed by atoms with Crippen LogP contribution in [0.5, 0.6) is 5.75 Å². The molecule has 2 rings (SSSR count). The van der Waals surface area contributed by atoms with Crippen LogP contribution in [-0.2, 0) is 24.3 Å². The molecule has 0 saturated heterocycles. The van der Waals surface area contributed by atoms with Crippen molar-refractivity contribution in [1.82, 2.24) is 5.32 Å². The molecule has 1 amide bonds. The average molecular weight is 463 g/mol. The van der Waals surface area contributed by atoms with Gasteiger partial charge in [0.2, 0.25) is 0 Å². The number of nitrogens with one attached hydrogen (secondary N) is 2. The molecule has 0 atom stereocenters. The van der Waals surface area contributed by atoms with Crippen molar-refractivity contribution in [3.8, 4) is 5.75 Å². The number of ether oxygens (including phenoxy) is 2. The van der Waals surface area contributed by atoms with Crippen LogP contribution in [0.25, 0.3) is 0 Å². The third kappa shape index (κ3) is 6.81. The van der Waals surface area contributed by atoms with Crippen LogP contribution in [0, 0.1) is 5.41 Å². The number of anilines is 1. The molecule has 0 unspecified atom stereocenters. The molecule has 0 saturated carbocycles. The maximum Gasteiger partial charge on any atom is 0.325 e. The van der Waals surface area contributed by atoms with Crippen LogP contribution < -0.4 is 14.8 Å². The van der Waals surface area contributed by atoms with Gasteiger partial charge in [0.15, 0.2) is 0 Å². The molecule has 2 N–H and O–H groups in total. The lowest BCUT2D eigenvalue weighted by molar-refractivity contribution is -0.143. The van der Waals surface area contributed by atoms with Gasteiger partial charge in [0.25, 0.3) is 15.9 Å². The number of hydrogen-bond donors (Lipinski definition) is 2. The predicted molar refractivity (Wildman–Crippen MR) is 118 cm³/mol. The Morgan fingerprint density at radius 3 is 2.19 bits per heavy atom. The van der Waals surface area contributed by atoms with Crippen LogP contribution in [0.2, 0.25) is 0 Å². The third-order valence-corrected chi connectivity index (χ3v) is 5.45. The number of benzene rings is 2. The van der Waals surface area contributed by atoms with Crippen molar-refractivity contribution in [2.75, 3.05) is 17.9 Å². The summed E-state index contributed by atoms with van der Waals surface area (Å²) in [7, 11) is -4.04. The van der Waals surface area contributed by atoms with Crippen molar-refractivity contribution in [1.29, 1.82) is 0 Å². The molecule has 32 heavy (non-hydrogen) atoms. The molecule has 2 aromatic carbocycles. The van der Waals surface area contributed by atoms with E-state index in [1.165, 1.54) is 36.4 Å². The Morgan fingerprint density at radius 2 is 1.59 bits per heavy atom. The summed E-state index contributed by atoms with van der Waals surface area (Å²) in [5, 5.41) is 2.39. The van der Waals surface area contributed by atoms with E-state index in [0.717, 1.165) is 0 Å². The van der Waals surface area contributed by atoms with Gasteiger partial charge in [0.05, 0.1) is 28.2 Å². The normalized spacial score (nSPS) is 11.4. The first-order valence-corrected chi connectivity index (χ1v) is 11.3. The summed E-state index contributed by atoms with van der Waals surface area (Å²) in [5.41, 5.74) is -0.627. The van der Waals surface area contributed by atoms with Crippen LogP contribution >= 0.6 is 0 Å². The monoisotopic (exact) mass is 462 g/mol. The summed E-state index contributed by atoms with van der Waals surface area (Å²) in [6.07, 6.45) is 0. The SMILES string of the molecule is CCOC(=O)CNC(=O)c1ccccc1NS(=O)(=O)c1ccc(OC(=O)C(C)(C)C)cc1. The van der Waals surface area contributed by atoms with Gasteiger partial charge >= 0.3 is 11.9 Å². The fourth-order valence-corrected chi connectivity index (χ4v) is 3.46. The molecule has 172 valence electrons. The van der Waals surface area contributed by atoms with E-state index in [1.807, 2.05) is 0 Å². The molecule has 0 aliphatic rings. The standard InChI is InChI=1S/C22H26N2O7S/c1-5-30-19(25)14-23-20(26)17-8-6-7-9-18(17)24-32(28,29)16-12-10-15(11-13-16)31-21(27)22(2,3)4/h6-13,24H,5,14H2,1-4H3,(H,23,26). The molecule has 0 aromatic heterocycles. The Hall–Kier alpha value is -3.40. The van der Waals surface area contributed by atoms with Gasteiger partial charge in [-0.25, -0.2) is 8.42 Å². The minimum Gasteiger partial charge on any atom is -0.465 e. The van der Waals surface area contributed by atoms with Gasteiger partial charge in [-0.05, 0) is 64.1 Å². The molecule has 9 nitrogen and oxygen atoms in total. The first-order valence-electron chi connectivity index (χ1n) is 9.82. The number of para-hydroxylation sites is 1. The second kappa shape index (κ2) is 10.3. The zero-order valence-electron chi connectivity index (χ0n) is 18.3. The highest BCUT2D eigenvalue weighted by Gasteiger charge is 2.24. The van der Waals surface area contributed by atoms with Gasteiger partial charge in [-0.15, -0.1) is 0 Å². The molecule has 0 bridgehead atoms. The molecular weight excluding hydrogens is 436 g/mol. The van der Waals surface area contributed by atoms with Crippen molar-refractivity contribution in [2.24, 2.45) is 5.41 Å². The van der Waals surface area contributed by atoms with E-state index in [4.69, 9.17) is 9.47 Å². The highest BCUT2D eigenvalue weighted by Crippen LogP contribution is 2.23. The van der Waals surface area contributed by atoms with E-state index >= 15 is 0 Å². The molecule has 0 aliphatic heterocycles. The zero-order valence-corrected chi connectivity index (χ0v) is 19.1. The molecule has 0 fully saturated rings. The number of carbonyl (C=O) groups is 3. The highest BCUT2D eigenvalue weighted by molar-refractivity contribution is 7.92. The zero-order chi connectivity index (χ0) is 23.9. The van der Waals surface area contributed by atoms with Gasteiger partial charge in [-0.1, -0.05) is 12.1 Å². The van der Waals surface area contributed by atoms with Crippen LogP contribution in [0.3, 0.4) is 0 Å². The van der Waals surface area contributed by atoms with Crippen LogP contribution in [-0.4, -0.2) is 39.4 Å². The summed E-state index contributed by atoms with van der Waals surface area (Å²) in [5.74, 6) is -1.48. The summed E-state index contributed by atoms with van der Waals surface area (Å²) in [4.78, 5) is 35.8. The van der Waals surface area contributed by atoms with E-state index in [9.17, 15) is 22.8 Å².